The molecule has 0 radical (unpaired) electrons. The summed E-state index contributed by atoms with van der Waals surface area (Å²) < 4.78 is 0. The topological polar surface area (TPSA) is 65.2 Å². The van der Waals surface area contributed by atoms with Crippen molar-refractivity contribution in [3.8, 4) is 0 Å². The number of aromatic amines is 1. The highest BCUT2D eigenvalue weighted by Crippen LogP contribution is 2.21. The Labute approximate surface area is 123 Å². The van der Waals surface area contributed by atoms with Crippen LogP contribution in [0.15, 0.2) is 30.5 Å². The van der Waals surface area contributed by atoms with E-state index in [1.165, 1.54) is 6.92 Å². The van der Waals surface area contributed by atoms with Crippen molar-refractivity contribution in [2.45, 2.75) is 25.8 Å². The van der Waals surface area contributed by atoms with Gasteiger partial charge in [0.2, 0.25) is 5.91 Å². The first-order chi connectivity index (χ1) is 10.1. The van der Waals surface area contributed by atoms with Crippen molar-refractivity contribution >= 4 is 22.7 Å². The summed E-state index contributed by atoms with van der Waals surface area (Å²) in [7, 11) is 0. The van der Waals surface area contributed by atoms with Gasteiger partial charge in [0, 0.05) is 43.2 Å². The number of benzene rings is 1. The molecule has 0 bridgehead atoms. The van der Waals surface area contributed by atoms with Crippen LogP contribution in [0, 0.1) is 0 Å². The number of aromatic nitrogens is 1. The van der Waals surface area contributed by atoms with Gasteiger partial charge in [0.15, 0.2) is 0 Å². The van der Waals surface area contributed by atoms with E-state index in [0.29, 0.717) is 12.1 Å². The summed E-state index contributed by atoms with van der Waals surface area (Å²) in [5, 5.41) is 3.86. The Morgan fingerprint density at radius 2 is 2.14 bits per heavy atom. The first kappa shape index (κ1) is 13.7. The van der Waals surface area contributed by atoms with Crippen molar-refractivity contribution < 1.29 is 9.59 Å². The van der Waals surface area contributed by atoms with E-state index in [1.807, 2.05) is 29.2 Å². The number of carbonyl (C=O) groups is 2. The highest BCUT2D eigenvalue weighted by molar-refractivity contribution is 6.06. The summed E-state index contributed by atoms with van der Waals surface area (Å²) in [6, 6.07) is 7.85. The number of amides is 2. The van der Waals surface area contributed by atoms with Gasteiger partial charge in [0.05, 0.1) is 5.56 Å². The number of carbonyl (C=O) groups excluding carboxylic acids is 2. The predicted molar refractivity (Wildman–Crippen MR) is 81.0 cm³/mol. The van der Waals surface area contributed by atoms with Crippen LogP contribution in [0.25, 0.3) is 10.9 Å². The Morgan fingerprint density at radius 3 is 2.95 bits per heavy atom. The maximum Gasteiger partial charge on any atom is 0.256 e. The average Bonchev–Trinajstić information content (AvgIpc) is 2.90. The van der Waals surface area contributed by atoms with Gasteiger partial charge in [-0.3, -0.25) is 9.59 Å². The predicted octanol–water partition coefficient (Wildman–Crippen LogP) is 1.91. The van der Waals surface area contributed by atoms with Crippen LogP contribution in [0.3, 0.4) is 0 Å². The van der Waals surface area contributed by atoms with Crippen molar-refractivity contribution in [1.82, 2.24) is 15.2 Å². The summed E-state index contributed by atoms with van der Waals surface area (Å²) in [5.74, 6) is -0.0103. The zero-order chi connectivity index (χ0) is 14.8. The molecular weight excluding hydrogens is 266 g/mol. The zero-order valence-electron chi connectivity index (χ0n) is 12.1. The minimum absolute atomic E-state index is 0.0301. The molecule has 1 aromatic heterocycles. The van der Waals surface area contributed by atoms with E-state index in [9.17, 15) is 9.59 Å². The molecule has 5 nitrogen and oxygen atoms in total. The summed E-state index contributed by atoms with van der Waals surface area (Å²) in [5.41, 5.74) is 1.67. The number of nitrogens with zero attached hydrogens (tertiary/aromatic N) is 1. The lowest BCUT2D eigenvalue weighted by Gasteiger charge is -2.33. The van der Waals surface area contributed by atoms with Crippen LogP contribution >= 0.6 is 0 Å². The van der Waals surface area contributed by atoms with Gasteiger partial charge in [-0.15, -0.1) is 0 Å². The summed E-state index contributed by atoms with van der Waals surface area (Å²) in [6.07, 6.45) is 3.62. The lowest BCUT2D eigenvalue weighted by molar-refractivity contribution is -0.120. The molecule has 1 unspecified atom stereocenters. The highest BCUT2D eigenvalue weighted by Gasteiger charge is 2.26. The molecule has 0 spiro atoms. The van der Waals surface area contributed by atoms with Gasteiger partial charge in [-0.2, -0.15) is 0 Å². The molecular formula is C16H19N3O2. The largest absolute Gasteiger partial charge is 0.360 e. The third-order valence-electron chi connectivity index (χ3n) is 3.94. The molecule has 2 heterocycles. The van der Waals surface area contributed by atoms with Crippen LogP contribution in [-0.4, -0.2) is 40.8 Å². The third kappa shape index (κ3) is 2.77. The molecule has 21 heavy (non-hydrogen) atoms. The van der Waals surface area contributed by atoms with Crippen LogP contribution in [0.4, 0.5) is 0 Å². The smallest absolute Gasteiger partial charge is 0.256 e. The average molecular weight is 285 g/mol. The Bertz CT molecular complexity index is 677. The Morgan fingerprint density at radius 1 is 1.33 bits per heavy atom. The number of para-hydroxylation sites is 1. The van der Waals surface area contributed by atoms with Gasteiger partial charge in [-0.25, -0.2) is 0 Å². The molecule has 3 rings (SSSR count). The van der Waals surface area contributed by atoms with Crippen molar-refractivity contribution in [3.05, 3.63) is 36.0 Å². The van der Waals surface area contributed by atoms with Crippen molar-refractivity contribution in [3.63, 3.8) is 0 Å². The Balaban J connectivity index is 1.80. The number of hydrogen-bond donors (Lipinski definition) is 2. The zero-order valence-corrected chi connectivity index (χ0v) is 12.1. The normalized spacial score (nSPS) is 18.7. The quantitative estimate of drug-likeness (QED) is 0.885. The summed E-state index contributed by atoms with van der Waals surface area (Å²) in [6.45, 7) is 2.84. The van der Waals surface area contributed by atoms with Crippen LogP contribution in [0.1, 0.15) is 30.1 Å². The molecule has 1 atom stereocenters. The van der Waals surface area contributed by atoms with E-state index in [4.69, 9.17) is 0 Å². The SMILES string of the molecule is CC(=O)NC1CCCN(C(=O)c2c[nH]c3ccccc23)C1. The number of fused-ring (bicyclic) bond motifs is 1. The fraction of sp³-hybridized carbons (Fsp3) is 0.375. The monoisotopic (exact) mass is 285 g/mol. The fourth-order valence-electron chi connectivity index (χ4n) is 2.99. The fourth-order valence-corrected chi connectivity index (χ4v) is 2.99. The van der Waals surface area contributed by atoms with Crippen LogP contribution in [0.5, 0.6) is 0 Å². The second kappa shape index (κ2) is 5.60. The standard InChI is InChI=1S/C16H19N3O2/c1-11(20)18-12-5-4-8-19(10-12)16(21)14-9-17-15-7-3-2-6-13(14)15/h2-3,6-7,9,12,17H,4-5,8,10H2,1H3,(H,18,20). The third-order valence-corrected chi connectivity index (χ3v) is 3.94. The molecule has 1 aliphatic heterocycles. The molecule has 1 aliphatic rings. The van der Waals surface area contributed by atoms with E-state index in [1.54, 1.807) is 6.20 Å². The summed E-state index contributed by atoms with van der Waals surface area (Å²) in [4.78, 5) is 28.8. The minimum atomic E-state index is -0.0404. The first-order valence-corrected chi connectivity index (χ1v) is 7.27. The molecule has 2 N–H and O–H groups in total. The number of rotatable bonds is 2. The highest BCUT2D eigenvalue weighted by atomic mass is 16.2. The van der Waals surface area contributed by atoms with Crippen LogP contribution < -0.4 is 5.32 Å². The van der Waals surface area contributed by atoms with Crippen molar-refractivity contribution in [1.29, 1.82) is 0 Å². The maximum absolute atomic E-state index is 12.7. The number of piperidine rings is 1. The lowest BCUT2D eigenvalue weighted by Crippen LogP contribution is -2.49. The molecule has 110 valence electrons. The van der Waals surface area contributed by atoms with Crippen LogP contribution in [0.2, 0.25) is 0 Å². The van der Waals surface area contributed by atoms with E-state index < -0.39 is 0 Å². The molecule has 1 saturated heterocycles. The molecule has 0 saturated carbocycles. The van der Waals surface area contributed by atoms with Gasteiger partial charge in [0.1, 0.15) is 0 Å². The second-order valence-corrected chi connectivity index (χ2v) is 5.54. The van der Waals surface area contributed by atoms with Gasteiger partial charge in [-0.05, 0) is 18.9 Å². The molecule has 1 fully saturated rings. The number of nitrogens with one attached hydrogen (secondary N) is 2. The summed E-state index contributed by atoms with van der Waals surface area (Å²) >= 11 is 0. The Hall–Kier alpha value is -2.30. The molecule has 2 aromatic rings. The van der Waals surface area contributed by atoms with Gasteiger partial charge < -0.3 is 15.2 Å². The van der Waals surface area contributed by atoms with E-state index >= 15 is 0 Å². The molecule has 2 amide bonds. The minimum Gasteiger partial charge on any atom is -0.360 e. The maximum atomic E-state index is 12.7. The van der Waals surface area contributed by atoms with E-state index in [2.05, 4.69) is 10.3 Å². The van der Waals surface area contributed by atoms with Crippen molar-refractivity contribution in [2.24, 2.45) is 0 Å². The lowest BCUT2D eigenvalue weighted by atomic mass is 10.0. The van der Waals surface area contributed by atoms with Gasteiger partial charge in [-0.1, -0.05) is 18.2 Å². The molecule has 1 aromatic carbocycles. The van der Waals surface area contributed by atoms with Crippen LogP contribution in [-0.2, 0) is 4.79 Å². The van der Waals surface area contributed by atoms with Gasteiger partial charge >= 0.3 is 0 Å². The second-order valence-electron chi connectivity index (χ2n) is 5.54. The Kier molecular flexibility index (Phi) is 3.64. The first-order valence-electron chi connectivity index (χ1n) is 7.27. The van der Waals surface area contributed by atoms with E-state index in [0.717, 1.165) is 30.3 Å². The van der Waals surface area contributed by atoms with Gasteiger partial charge in [0.25, 0.3) is 5.91 Å². The van der Waals surface area contributed by atoms with E-state index in [-0.39, 0.29) is 17.9 Å². The number of hydrogen-bond acceptors (Lipinski definition) is 2. The van der Waals surface area contributed by atoms with Crippen molar-refractivity contribution in [2.75, 3.05) is 13.1 Å². The number of likely N-dealkylation sites (tertiary alicyclic amines) is 1. The number of H-pyrrole nitrogens is 1. The molecule has 5 heteroatoms. The molecule has 0 aliphatic carbocycles.